The minimum absolute atomic E-state index is 0.0561. The van der Waals surface area contributed by atoms with Gasteiger partial charge in [-0.3, -0.25) is 4.79 Å². The van der Waals surface area contributed by atoms with Gasteiger partial charge in [-0.05, 0) is 29.6 Å². The number of hydrogen-bond acceptors (Lipinski definition) is 5. The third kappa shape index (κ3) is 4.82. The van der Waals surface area contributed by atoms with E-state index in [4.69, 9.17) is 4.74 Å². The summed E-state index contributed by atoms with van der Waals surface area (Å²) >= 11 is 1.62. The first-order chi connectivity index (χ1) is 11.8. The van der Waals surface area contributed by atoms with Crippen molar-refractivity contribution in [1.82, 2.24) is 10.3 Å². The number of pyridine rings is 1. The van der Waals surface area contributed by atoms with Crippen LogP contribution < -0.4 is 15.4 Å². The van der Waals surface area contributed by atoms with Crippen molar-refractivity contribution in [1.29, 1.82) is 0 Å². The highest BCUT2D eigenvalue weighted by Gasteiger charge is 2.03. The third-order valence-electron chi connectivity index (χ3n) is 3.19. The number of amides is 1. The molecular formula is C18H17N3O2S. The van der Waals surface area contributed by atoms with Crippen LogP contribution in [0.4, 0.5) is 5.69 Å². The minimum atomic E-state index is -0.0561. The number of hydrogen-bond donors (Lipinski definition) is 2. The number of aromatic nitrogens is 1. The van der Waals surface area contributed by atoms with Crippen LogP contribution in [0.15, 0.2) is 66.2 Å². The Kier molecular flexibility index (Phi) is 5.42. The maximum absolute atomic E-state index is 11.9. The lowest BCUT2D eigenvalue weighted by atomic mass is 10.3. The van der Waals surface area contributed by atoms with Crippen molar-refractivity contribution in [3.63, 3.8) is 0 Å². The van der Waals surface area contributed by atoms with Gasteiger partial charge in [0, 0.05) is 28.9 Å². The Morgan fingerprint density at radius 2 is 2.08 bits per heavy atom. The number of ether oxygens (including phenoxy) is 1. The summed E-state index contributed by atoms with van der Waals surface area (Å²) < 4.78 is 5.67. The van der Waals surface area contributed by atoms with Crippen LogP contribution in [0.5, 0.6) is 11.6 Å². The number of nitrogens with zero attached hydrogens (tertiary/aromatic N) is 1. The second kappa shape index (κ2) is 8.12. The van der Waals surface area contributed by atoms with E-state index >= 15 is 0 Å². The van der Waals surface area contributed by atoms with E-state index in [1.54, 1.807) is 23.6 Å². The molecule has 2 aromatic heterocycles. The van der Waals surface area contributed by atoms with E-state index in [0.717, 1.165) is 10.6 Å². The van der Waals surface area contributed by atoms with Gasteiger partial charge in [0.2, 0.25) is 11.8 Å². The van der Waals surface area contributed by atoms with Gasteiger partial charge in [-0.2, -0.15) is 0 Å². The Hall–Kier alpha value is -2.86. The smallest absolute Gasteiger partial charge is 0.239 e. The Labute approximate surface area is 144 Å². The van der Waals surface area contributed by atoms with E-state index in [-0.39, 0.29) is 12.5 Å². The second-order valence-corrected chi connectivity index (χ2v) is 6.04. The van der Waals surface area contributed by atoms with Gasteiger partial charge in [-0.15, -0.1) is 11.3 Å². The fraction of sp³-hybridized carbons (Fsp3) is 0.111. The molecule has 2 N–H and O–H groups in total. The highest BCUT2D eigenvalue weighted by molar-refractivity contribution is 7.09. The zero-order chi connectivity index (χ0) is 16.6. The Balaban J connectivity index is 1.50. The number of carbonyl (C=O) groups is 1. The average molecular weight is 339 g/mol. The first-order valence-corrected chi connectivity index (χ1v) is 8.39. The van der Waals surface area contributed by atoms with E-state index in [1.807, 2.05) is 53.9 Å². The first-order valence-electron chi connectivity index (χ1n) is 7.51. The lowest BCUT2D eigenvalue weighted by Crippen LogP contribution is -2.29. The number of anilines is 1. The highest BCUT2D eigenvalue weighted by atomic mass is 32.1. The number of carbonyl (C=O) groups excluding carboxylic acids is 1. The molecule has 5 nitrogen and oxygen atoms in total. The van der Waals surface area contributed by atoms with Crippen molar-refractivity contribution >= 4 is 22.9 Å². The Morgan fingerprint density at radius 1 is 1.12 bits per heavy atom. The summed E-state index contributed by atoms with van der Waals surface area (Å²) in [5, 5.41) is 7.96. The highest BCUT2D eigenvalue weighted by Crippen LogP contribution is 2.22. The SMILES string of the molecule is O=C(CNc1cccc(Oc2ccccn2)c1)NCc1cccs1. The monoisotopic (exact) mass is 339 g/mol. The predicted octanol–water partition coefficient (Wildman–Crippen LogP) is 3.66. The molecule has 0 saturated carbocycles. The molecule has 6 heteroatoms. The minimum Gasteiger partial charge on any atom is -0.439 e. The summed E-state index contributed by atoms with van der Waals surface area (Å²) in [6.07, 6.45) is 1.68. The van der Waals surface area contributed by atoms with Crippen LogP contribution in [0.2, 0.25) is 0 Å². The molecule has 0 atom stereocenters. The molecule has 0 bridgehead atoms. The maximum atomic E-state index is 11.9. The first kappa shape index (κ1) is 16.0. The average Bonchev–Trinajstić information content (AvgIpc) is 3.13. The fourth-order valence-corrected chi connectivity index (χ4v) is 2.69. The predicted molar refractivity (Wildman–Crippen MR) is 95.4 cm³/mol. The van der Waals surface area contributed by atoms with Gasteiger partial charge in [-0.1, -0.05) is 18.2 Å². The van der Waals surface area contributed by atoms with Gasteiger partial charge in [0.25, 0.3) is 0 Å². The molecule has 0 aliphatic rings. The van der Waals surface area contributed by atoms with Crippen LogP contribution in [0, 0.1) is 0 Å². The quantitative estimate of drug-likeness (QED) is 0.689. The van der Waals surface area contributed by atoms with Gasteiger partial charge in [-0.25, -0.2) is 4.98 Å². The number of nitrogens with one attached hydrogen (secondary N) is 2. The number of rotatable bonds is 7. The molecule has 0 fully saturated rings. The molecule has 0 radical (unpaired) electrons. The van der Waals surface area contributed by atoms with E-state index < -0.39 is 0 Å². The van der Waals surface area contributed by atoms with Gasteiger partial charge < -0.3 is 15.4 Å². The largest absolute Gasteiger partial charge is 0.439 e. The molecule has 0 unspecified atom stereocenters. The van der Waals surface area contributed by atoms with Crippen LogP contribution in [-0.4, -0.2) is 17.4 Å². The maximum Gasteiger partial charge on any atom is 0.239 e. The molecule has 0 aliphatic carbocycles. The van der Waals surface area contributed by atoms with Crippen LogP contribution in [0.25, 0.3) is 0 Å². The normalized spacial score (nSPS) is 10.2. The molecule has 3 aromatic rings. The van der Waals surface area contributed by atoms with Crippen molar-refractivity contribution in [3.05, 3.63) is 71.1 Å². The summed E-state index contributed by atoms with van der Waals surface area (Å²) in [4.78, 5) is 17.1. The van der Waals surface area contributed by atoms with Crippen molar-refractivity contribution in [2.24, 2.45) is 0 Å². The summed E-state index contributed by atoms with van der Waals surface area (Å²) in [6, 6.07) is 16.9. The van der Waals surface area contributed by atoms with Gasteiger partial charge >= 0.3 is 0 Å². The molecular weight excluding hydrogens is 322 g/mol. The Morgan fingerprint density at radius 3 is 2.88 bits per heavy atom. The van der Waals surface area contributed by atoms with Crippen molar-refractivity contribution in [2.75, 3.05) is 11.9 Å². The van der Waals surface area contributed by atoms with Crippen LogP contribution in [-0.2, 0) is 11.3 Å². The lowest BCUT2D eigenvalue weighted by Gasteiger charge is -2.09. The van der Waals surface area contributed by atoms with Crippen molar-refractivity contribution in [3.8, 4) is 11.6 Å². The van der Waals surface area contributed by atoms with Gasteiger partial charge in [0.15, 0.2) is 0 Å². The van der Waals surface area contributed by atoms with Crippen LogP contribution >= 0.6 is 11.3 Å². The summed E-state index contributed by atoms with van der Waals surface area (Å²) in [5.74, 6) is 1.14. The number of benzene rings is 1. The zero-order valence-electron chi connectivity index (χ0n) is 12.9. The third-order valence-corrected chi connectivity index (χ3v) is 4.06. The molecule has 0 saturated heterocycles. The Bertz CT molecular complexity index is 776. The molecule has 2 heterocycles. The van der Waals surface area contributed by atoms with Crippen molar-refractivity contribution in [2.45, 2.75) is 6.54 Å². The van der Waals surface area contributed by atoms with E-state index in [1.165, 1.54) is 0 Å². The van der Waals surface area contributed by atoms with Crippen LogP contribution in [0.3, 0.4) is 0 Å². The molecule has 122 valence electrons. The van der Waals surface area contributed by atoms with Gasteiger partial charge in [0.05, 0.1) is 13.1 Å². The second-order valence-electron chi connectivity index (χ2n) is 5.01. The van der Waals surface area contributed by atoms with E-state index in [2.05, 4.69) is 15.6 Å². The molecule has 3 rings (SSSR count). The van der Waals surface area contributed by atoms with E-state index in [9.17, 15) is 4.79 Å². The molecule has 0 aliphatic heterocycles. The summed E-state index contributed by atoms with van der Waals surface area (Å²) in [6.45, 7) is 0.763. The fourth-order valence-electron chi connectivity index (χ4n) is 2.04. The lowest BCUT2D eigenvalue weighted by molar-refractivity contribution is -0.119. The van der Waals surface area contributed by atoms with Gasteiger partial charge in [0.1, 0.15) is 5.75 Å². The zero-order valence-corrected chi connectivity index (χ0v) is 13.8. The van der Waals surface area contributed by atoms with E-state index in [0.29, 0.717) is 18.2 Å². The summed E-state index contributed by atoms with van der Waals surface area (Å²) in [5.41, 5.74) is 0.815. The number of thiophene rings is 1. The van der Waals surface area contributed by atoms with Crippen molar-refractivity contribution < 1.29 is 9.53 Å². The standard InChI is InChI=1S/C18H17N3O2S/c22-17(21-12-16-7-4-10-24-16)13-20-14-5-3-6-15(11-14)23-18-8-1-2-9-19-18/h1-11,20H,12-13H2,(H,21,22). The molecule has 24 heavy (non-hydrogen) atoms. The topological polar surface area (TPSA) is 63.2 Å². The van der Waals surface area contributed by atoms with Crippen LogP contribution in [0.1, 0.15) is 4.88 Å². The molecule has 1 amide bonds. The molecule has 0 spiro atoms. The molecule has 1 aromatic carbocycles. The summed E-state index contributed by atoms with van der Waals surface area (Å²) in [7, 11) is 0.